The van der Waals surface area contributed by atoms with Crippen LogP contribution in [0.5, 0.6) is 0 Å². The van der Waals surface area contributed by atoms with Gasteiger partial charge in [0.05, 0.1) is 35.9 Å². The van der Waals surface area contributed by atoms with Crippen LogP contribution in [0.2, 0.25) is 0 Å². The van der Waals surface area contributed by atoms with Crippen molar-refractivity contribution in [3.05, 3.63) is 39.9 Å². The number of benzene rings is 1. The number of nitrogens with zero attached hydrogens (tertiary/aromatic N) is 1. The molecule has 0 amide bonds. The van der Waals surface area contributed by atoms with Crippen molar-refractivity contribution < 1.29 is 19.5 Å². The molecule has 0 spiro atoms. The number of nitro benzene ring substituents is 1. The topological polar surface area (TPSA) is 81.8 Å². The monoisotopic (exact) mass is 267 g/mol. The van der Waals surface area contributed by atoms with Gasteiger partial charge in [-0.15, -0.1) is 0 Å². The summed E-state index contributed by atoms with van der Waals surface area (Å²) in [6.45, 7) is 1.96. The molecular formula is C13H17NO5. The minimum atomic E-state index is -0.421. The summed E-state index contributed by atoms with van der Waals surface area (Å²) in [6, 6.07) is 6.49. The van der Waals surface area contributed by atoms with Gasteiger partial charge in [-0.05, 0) is 13.0 Å². The van der Waals surface area contributed by atoms with Gasteiger partial charge in [0.15, 0.2) is 0 Å². The molecule has 1 heterocycles. The summed E-state index contributed by atoms with van der Waals surface area (Å²) < 4.78 is 11.1. The second-order valence-electron chi connectivity index (χ2n) is 4.64. The molecule has 0 unspecified atom stereocenters. The first kappa shape index (κ1) is 13.9. The van der Waals surface area contributed by atoms with Gasteiger partial charge in [-0.2, -0.15) is 0 Å². The third-order valence-corrected chi connectivity index (χ3v) is 3.21. The lowest BCUT2D eigenvalue weighted by atomic mass is 10.1. The lowest BCUT2D eigenvalue weighted by molar-refractivity contribution is -0.386. The molecule has 0 saturated carbocycles. The summed E-state index contributed by atoms with van der Waals surface area (Å²) in [4.78, 5) is 10.5. The van der Waals surface area contributed by atoms with Crippen molar-refractivity contribution in [2.75, 3.05) is 6.61 Å². The second-order valence-corrected chi connectivity index (χ2v) is 4.64. The number of aliphatic hydroxyl groups is 1. The largest absolute Gasteiger partial charge is 0.394 e. The molecule has 104 valence electrons. The zero-order valence-electron chi connectivity index (χ0n) is 10.7. The maximum Gasteiger partial charge on any atom is 0.274 e. The van der Waals surface area contributed by atoms with Crippen LogP contribution in [0.25, 0.3) is 0 Å². The first-order valence-corrected chi connectivity index (χ1v) is 6.22. The van der Waals surface area contributed by atoms with Gasteiger partial charge >= 0.3 is 0 Å². The van der Waals surface area contributed by atoms with Gasteiger partial charge in [0.2, 0.25) is 0 Å². The lowest BCUT2D eigenvalue weighted by Gasteiger charge is -2.16. The molecule has 6 nitrogen and oxygen atoms in total. The van der Waals surface area contributed by atoms with Crippen LogP contribution in [0.15, 0.2) is 24.3 Å². The summed E-state index contributed by atoms with van der Waals surface area (Å²) in [5.41, 5.74) is 0.582. The molecule has 1 fully saturated rings. The first-order valence-electron chi connectivity index (χ1n) is 6.22. The number of hydrogen-bond acceptors (Lipinski definition) is 5. The molecule has 1 aliphatic rings. The summed E-state index contributed by atoms with van der Waals surface area (Å²) >= 11 is 0. The Morgan fingerprint density at radius 2 is 2.26 bits per heavy atom. The minimum absolute atomic E-state index is 0.0351. The Labute approximate surface area is 111 Å². The predicted molar refractivity (Wildman–Crippen MR) is 67.7 cm³/mol. The van der Waals surface area contributed by atoms with Crippen molar-refractivity contribution in [2.45, 2.75) is 38.3 Å². The fraction of sp³-hybridized carbons (Fsp3) is 0.538. The van der Waals surface area contributed by atoms with E-state index < -0.39 is 4.92 Å². The molecule has 6 heteroatoms. The Kier molecular flexibility index (Phi) is 4.47. The van der Waals surface area contributed by atoms with Gasteiger partial charge in [0.25, 0.3) is 5.69 Å². The normalized spacial score (nSPS) is 26.5. The van der Waals surface area contributed by atoms with E-state index in [0.29, 0.717) is 12.0 Å². The molecule has 1 aliphatic heterocycles. The fourth-order valence-corrected chi connectivity index (χ4v) is 2.26. The molecule has 1 aromatic carbocycles. The van der Waals surface area contributed by atoms with Crippen LogP contribution in [0.3, 0.4) is 0 Å². The van der Waals surface area contributed by atoms with Gasteiger partial charge in [-0.1, -0.05) is 12.1 Å². The Morgan fingerprint density at radius 3 is 2.95 bits per heavy atom. The molecule has 0 bridgehead atoms. The van der Waals surface area contributed by atoms with Crippen LogP contribution in [-0.4, -0.2) is 34.9 Å². The number of aliphatic hydroxyl groups excluding tert-OH is 1. The molecule has 2 rings (SSSR count). The molecule has 3 atom stereocenters. The third-order valence-electron chi connectivity index (χ3n) is 3.21. The van der Waals surface area contributed by atoms with Gasteiger partial charge in [0.1, 0.15) is 6.10 Å². The Bertz CT molecular complexity index is 450. The summed E-state index contributed by atoms with van der Waals surface area (Å²) in [5, 5.41) is 20.1. The van der Waals surface area contributed by atoms with E-state index in [9.17, 15) is 15.2 Å². The van der Waals surface area contributed by atoms with Crippen molar-refractivity contribution >= 4 is 5.69 Å². The van der Waals surface area contributed by atoms with E-state index in [1.165, 1.54) is 6.07 Å². The number of para-hydroxylation sites is 1. The van der Waals surface area contributed by atoms with E-state index >= 15 is 0 Å². The standard InChI is InChI=1S/C13H17NO5/c1-9-6-12(13(7-15)19-9)18-8-10-4-2-3-5-11(10)14(16)17/h2-5,9,12-13,15H,6-8H2,1H3/t9-,12+,13+/m0/s1. The zero-order valence-corrected chi connectivity index (χ0v) is 10.7. The third kappa shape index (κ3) is 3.28. The van der Waals surface area contributed by atoms with Crippen molar-refractivity contribution in [1.82, 2.24) is 0 Å². The second kappa shape index (κ2) is 6.10. The maximum absolute atomic E-state index is 10.9. The molecular weight excluding hydrogens is 250 g/mol. The highest BCUT2D eigenvalue weighted by Gasteiger charge is 2.33. The number of ether oxygens (including phenoxy) is 2. The highest BCUT2D eigenvalue weighted by atomic mass is 16.6. The molecule has 1 N–H and O–H groups in total. The number of rotatable bonds is 5. The molecule has 1 saturated heterocycles. The molecule has 0 radical (unpaired) electrons. The zero-order chi connectivity index (χ0) is 13.8. The van der Waals surface area contributed by atoms with E-state index in [0.717, 1.165) is 0 Å². The Morgan fingerprint density at radius 1 is 1.53 bits per heavy atom. The molecule has 19 heavy (non-hydrogen) atoms. The van der Waals surface area contributed by atoms with E-state index in [-0.39, 0.29) is 37.2 Å². The van der Waals surface area contributed by atoms with E-state index in [1.54, 1.807) is 18.2 Å². The van der Waals surface area contributed by atoms with E-state index in [1.807, 2.05) is 6.92 Å². The number of nitro groups is 1. The van der Waals surface area contributed by atoms with Gasteiger partial charge in [-0.3, -0.25) is 10.1 Å². The van der Waals surface area contributed by atoms with Gasteiger partial charge in [0, 0.05) is 12.5 Å². The Hall–Kier alpha value is -1.50. The summed E-state index contributed by atoms with van der Waals surface area (Å²) in [7, 11) is 0. The fourth-order valence-electron chi connectivity index (χ4n) is 2.26. The van der Waals surface area contributed by atoms with Crippen molar-refractivity contribution in [3.8, 4) is 0 Å². The Balaban J connectivity index is 2.01. The lowest BCUT2D eigenvalue weighted by Crippen LogP contribution is -2.27. The van der Waals surface area contributed by atoms with Crippen LogP contribution in [0.4, 0.5) is 5.69 Å². The summed E-state index contributed by atoms with van der Waals surface area (Å²) in [6.07, 6.45) is 0.150. The van der Waals surface area contributed by atoms with Crippen molar-refractivity contribution in [3.63, 3.8) is 0 Å². The van der Waals surface area contributed by atoms with Crippen LogP contribution in [-0.2, 0) is 16.1 Å². The highest BCUT2D eigenvalue weighted by Crippen LogP contribution is 2.25. The summed E-state index contributed by atoms with van der Waals surface area (Å²) in [5.74, 6) is 0. The predicted octanol–water partition coefficient (Wildman–Crippen LogP) is 1.65. The van der Waals surface area contributed by atoms with Crippen LogP contribution in [0.1, 0.15) is 18.9 Å². The molecule has 1 aromatic rings. The van der Waals surface area contributed by atoms with Gasteiger partial charge < -0.3 is 14.6 Å². The first-order chi connectivity index (χ1) is 9.11. The average molecular weight is 267 g/mol. The molecule has 0 aliphatic carbocycles. The average Bonchev–Trinajstić information content (AvgIpc) is 2.77. The van der Waals surface area contributed by atoms with Crippen LogP contribution >= 0.6 is 0 Å². The van der Waals surface area contributed by atoms with Crippen molar-refractivity contribution in [1.29, 1.82) is 0 Å². The highest BCUT2D eigenvalue weighted by molar-refractivity contribution is 5.39. The van der Waals surface area contributed by atoms with E-state index in [4.69, 9.17) is 9.47 Å². The van der Waals surface area contributed by atoms with Crippen molar-refractivity contribution in [2.24, 2.45) is 0 Å². The van der Waals surface area contributed by atoms with E-state index in [2.05, 4.69) is 0 Å². The SMILES string of the molecule is C[C@H]1C[C@@H](OCc2ccccc2[N+](=O)[O-])[C@@H](CO)O1. The minimum Gasteiger partial charge on any atom is -0.394 e. The quantitative estimate of drug-likeness (QED) is 0.648. The maximum atomic E-state index is 10.9. The van der Waals surface area contributed by atoms with Crippen LogP contribution in [0, 0.1) is 10.1 Å². The van der Waals surface area contributed by atoms with Gasteiger partial charge in [-0.25, -0.2) is 0 Å². The number of hydrogen-bond donors (Lipinski definition) is 1. The smallest absolute Gasteiger partial charge is 0.274 e. The van der Waals surface area contributed by atoms with Crippen LogP contribution < -0.4 is 0 Å². The molecule has 0 aromatic heterocycles.